The lowest BCUT2D eigenvalue weighted by Gasteiger charge is -2.28. The third-order valence-electron chi connectivity index (χ3n) is 3.10. The summed E-state index contributed by atoms with van der Waals surface area (Å²) in [5.41, 5.74) is -0.316. The fraction of sp³-hybridized carbons (Fsp3) is 0.308. The second-order valence-electron chi connectivity index (χ2n) is 4.41. The van der Waals surface area contributed by atoms with Gasteiger partial charge in [-0.3, -0.25) is 0 Å². The van der Waals surface area contributed by atoms with Crippen molar-refractivity contribution >= 4 is 17.7 Å². The van der Waals surface area contributed by atoms with Crippen LogP contribution in [-0.4, -0.2) is 23.3 Å². The molecule has 1 aromatic rings. The fourth-order valence-electron chi connectivity index (χ4n) is 2.08. The predicted molar refractivity (Wildman–Crippen MR) is 64.9 cm³/mol. The molecule has 1 unspecified atom stereocenters. The van der Waals surface area contributed by atoms with Crippen LogP contribution in [0.15, 0.2) is 17.7 Å². The molecule has 0 bridgehead atoms. The first-order valence-electron chi connectivity index (χ1n) is 5.84. The summed E-state index contributed by atoms with van der Waals surface area (Å²) >= 11 is 0. The monoisotopic (exact) mass is 289 g/mol. The number of fused-ring (bicyclic) bond motifs is 1. The van der Waals surface area contributed by atoms with E-state index in [4.69, 9.17) is 5.11 Å². The number of rotatable bonds is 2. The number of nitrogens with one attached hydrogen (secondary N) is 1. The minimum atomic E-state index is -4.78. The molecule has 0 saturated carbocycles. The number of aryl methyl sites for hydroxylation is 1. The zero-order valence-corrected chi connectivity index (χ0v) is 10.4. The first-order chi connectivity index (χ1) is 9.24. The summed E-state index contributed by atoms with van der Waals surface area (Å²) in [5.74, 6) is -2.28. The SMILES string of the molecule is CCc1cc2c(cc1F)NC(C(F)(F)F)C(C(=O)O)=C2. The van der Waals surface area contributed by atoms with E-state index in [1.54, 1.807) is 6.92 Å². The molecule has 1 aromatic carbocycles. The molecule has 0 saturated heterocycles. The van der Waals surface area contributed by atoms with E-state index in [0.717, 1.165) is 12.1 Å². The highest BCUT2D eigenvalue weighted by Gasteiger charge is 2.46. The Morgan fingerprint density at radius 1 is 1.40 bits per heavy atom. The van der Waals surface area contributed by atoms with Crippen molar-refractivity contribution in [3.05, 3.63) is 34.6 Å². The summed E-state index contributed by atoms with van der Waals surface area (Å²) in [7, 11) is 0. The lowest BCUT2D eigenvalue weighted by molar-refractivity contribution is -0.146. The normalized spacial score (nSPS) is 18.1. The van der Waals surface area contributed by atoms with Crippen LogP contribution in [0.25, 0.3) is 6.08 Å². The number of benzene rings is 1. The molecule has 0 spiro atoms. The molecule has 2 rings (SSSR count). The van der Waals surface area contributed by atoms with Crippen LogP contribution >= 0.6 is 0 Å². The van der Waals surface area contributed by atoms with Crippen molar-refractivity contribution in [1.82, 2.24) is 0 Å². The molecule has 3 nitrogen and oxygen atoms in total. The zero-order valence-electron chi connectivity index (χ0n) is 10.4. The Morgan fingerprint density at radius 2 is 2.05 bits per heavy atom. The number of carbonyl (C=O) groups is 1. The van der Waals surface area contributed by atoms with Crippen LogP contribution in [0, 0.1) is 5.82 Å². The number of halogens is 4. The van der Waals surface area contributed by atoms with E-state index < -0.39 is 29.6 Å². The minimum absolute atomic E-state index is 0.0629. The number of hydrogen-bond acceptors (Lipinski definition) is 2. The van der Waals surface area contributed by atoms with Gasteiger partial charge in [-0.05, 0) is 35.8 Å². The molecule has 1 heterocycles. The molecule has 2 N–H and O–H groups in total. The molecule has 20 heavy (non-hydrogen) atoms. The van der Waals surface area contributed by atoms with Gasteiger partial charge in [0.25, 0.3) is 0 Å². The quantitative estimate of drug-likeness (QED) is 0.822. The summed E-state index contributed by atoms with van der Waals surface area (Å²) in [6, 6.07) is -0.0331. The fourth-order valence-corrected chi connectivity index (χ4v) is 2.08. The van der Waals surface area contributed by atoms with Crippen molar-refractivity contribution in [1.29, 1.82) is 0 Å². The summed E-state index contributed by atoms with van der Waals surface area (Å²) in [5, 5.41) is 10.9. The Balaban J connectivity index is 2.57. The number of carboxylic acid groups (broad SMARTS) is 1. The molecule has 0 radical (unpaired) electrons. The summed E-state index contributed by atoms with van der Waals surface area (Å²) in [6.07, 6.45) is -3.48. The second-order valence-corrected chi connectivity index (χ2v) is 4.41. The van der Waals surface area contributed by atoms with E-state index in [2.05, 4.69) is 0 Å². The van der Waals surface area contributed by atoms with Crippen molar-refractivity contribution in [2.45, 2.75) is 25.6 Å². The average molecular weight is 289 g/mol. The molecule has 1 aliphatic heterocycles. The van der Waals surface area contributed by atoms with Crippen LogP contribution in [0.3, 0.4) is 0 Å². The summed E-state index contributed by atoms with van der Waals surface area (Å²) in [4.78, 5) is 11.0. The average Bonchev–Trinajstić information content (AvgIpc) is 2.35. The van der Waals surface area contributed by atoms with Gasteiger partial charge in [-0.25, -0.2) is 9.18 Å². The topological polar surface area (TPSA) is 49.3 Å². The largest absolute Gasteiger partial charge is 0.478 e. The lowest BCUT2D eigenvalue weighted by atomic mass is 9.95. The van der Waals surface area contributed by atoms with E-state index in [0.29, 0.717) is 12.0 Å². The van der Waals surface area contributed by atoms with Gasteiger partial charge in [-0.1, -0.05) is 6.92 Å². The summed E-state index contributed by atoms with van der Waals surface area (Å²) in [6.45, 7) is 1.70. The molecule has 0 fully saturated rings. The van der Waals surface area contributed by atoms with Crippen LogP contribution in [0.5, 0.6) is 0 Å². The van der Waals surface area contributed by atoms with Gasteiger partial charge in [0.1, 0.15) is 5.82 Å². The first kappa shape index (κ1) is 14.4. The standard InChI is InChI=1S/C13H11F4NO2/c1-2-6-3-7-4-8(12(19)20)11(13(15,16)17)18-10(7)5-9(6)14/h3-5,11,18H,2H2,1H3,(H,19,20). The molecule has 0 aliphatic carbocycles. The minimum Gasteiger partial charge on any atom is -0.478 e. The van der Waals surface area contributed by atoms with E-state index in [9.17, 15) is 22.4 Å². The van der Waals surface area contributed by atoms with Gasteiger partial charge < -0.3 is 10.4 Å². The zero-order chi connectivity index (χ0) is 15.1. The van der Waals surface area contributed by atoms with Gasteiger partial charge in [0.05, 0.1) is 5.57 Å². The van der Waals surface area contributed by atoms with Crippen molar-refractivity contribution in [3.63, 3.8) is 0 Å². The smallest absolute Gasteiger partial charge is 0.413 e. The van der Waals surface area contributed by atoms with E-state index in [-0.39, 0.29) is 11.3 Å². The number of carboxylic acids is 1. The van der Waals surface area contributed by atoms with Crippen LogP contribution < -0.4 is 5.32 Å². The number of aliphatic carboxylic acids is 1. The Morgan fingerprint density at radius 3 is 2.55 bits per heavy atom. The maximum Gasteiger partial charge on any atom is 0.413 e. The molecular weight excluding hydrogens is 278 g/mol. The highest BCUT2D eigenvalue weighted by atomic mass is 19.4. The Bertz CT molecular complexity index is 593. The van der Waals surface area contributed by atoms with Gasteiger partial charge in [-0.15, -0.1) is 0 Å². The highest BCUT2D eigenvalue weighted by molar-refractivity contribution is 5.97. The molecule has 7 heteroatoms. The van der Waals surface area contributed by atoms with Crippen molar-refractivity contribution in [2.24, 2.45) is 0 Å². The Labute approximate surface area is 111 Å². The van der Waals surface area contributed by atoms with Gasteiger partial charge >= 0.3 is 12.1 Å². The first-order valence-corrected chi connectivity index (χ1v) is 5.84. The number of alkyl halides is 3. The third-order valence-corrected chi connectivity index (χ3v) is 3.10. The Hall–Kier alpha value is -2.05. The van der Waals surface area contributed by atoms with Crippen molar-refractivity contribution in [2.75, 3.05) is 5.32 Å². The van der Waals surface area contributed by atoms with Crippen LogP contribution in [0.2, 0.25) is 0 Å². The highest BCUT2D eigenvalue weighted by Crippen LogP contribution is 2.36. The summed E-state index contributed by atoms with van der Waals surface area (Å²) < 4.78 is 52.1. The Kier molecular flexibility index (Phi) is 3.45. The maximum atomic E-state index is 13.6. The van der Waals surface area contributed by atoms with E-state index in [1.165, 1.54) is 6.07 Å². The van der Waals surface area contributed by atoms with E-state index in [1.807, 2.05) is 5.32 Å². The van der Waals surface area contributed by atoms with Gasteiger partial charge in [0.2, 0.25) is 0 Å². The molecule has 1 aliphatic rings. The van der Waals surface area contributed by atoms with Crippen molar-refractivity contribution in [3.8, 4) is 0 Å². The predicted octanol–water partition coefficient (Wildman–Crippen LogP) is 3.21. The van der Waals surface area contributed by atoms with Gasteiger partial charge in [0.15, 0.2) is 6.04 Å². The molecule has 0 aromatic heterocycles. The molecule has 0 amide bonds. The molecular formula is C13H11F4NO2. The number of hydrogen-bond donors (Lipinski definition) is 2. The molecule has 108 valence electrons. The van der Waals surface area contributed by atoms with Gasteiger partial charge in [0, 0.05) is 5.69 Å². The third kappa shape index (κ3) is 2.48. The van der Waals surface area contributed by atoms with E-state index >= 15 is 0 Å². The van der Waals surface area contributed by atoms with Crippen molar-refractivity contribution < 1.29 is 27.5 Å². The van der Waals surface area contributed by atoms with Crippen LogP contribution in [0.1, 0.15) is 18.1 Å². The van der Waals surface area contributed by atoms with Gasteiger partial charge in [-0.2, -0.15) is 13.2 Å². The maximum absolute atomic E-state index is 13.6. The lowest BCUT2D eigenvalue weighted by Crippen LogP contribution is -2.42. The molecule has 1 atom stereocenters. The second kappa shape index (κ2) is 4.81. The number of anilines is 1. The van der Waals surface area contributed by atoms with Crippen LogP contribution in [0.4, 0.5) is 23.2 Å². The van der Waals surface area contributed by atoms with Crippen LogP contribution in [-0.2, 0) is 11.2 Å².